The number of nitrogens with zero attached hydrogens (tertiary/aromatic N) is 2. The van der Waals surface area contributed by atoms with Gasteiger partial charge in [0.2, 0.25) is 11.7 Å². The quantitative estimate of drug-likeness (QED) is 0.868. The van der Waals surface area contributed by atoms with Crippen LogP contribution in [0.5, 0.6) is 0 Å². The molecular weight excluding hydrogens is 266 g/mol. The van der Waals surface area contributed by atoms with Gasteiger partial charge < -0.3 is 15.0 Å². The zero-order valence-corrected chi connectivity index (χ0v) is 13.8. The second-order valence-corrected chi connectivity index (χ2v) is 6.48. The van der Waals surface area contributed by atoms with Crippen LogP contribution in [0.1, 0.15) is 77.6 Å². The highest BCUT2D eigenvalue weighted by Gasteiger charge is 2.41. The number of aromatic nitrogens is 2. The highest BCUT2D eigenvalue weighted by atomic mass is 16.5. The first-order valence-corrected chi connectivity index (χ1v) is 8.26. The molecule has 1 aromatic heterocycles. The van der Waals surface area contributed by atoms with Gasteiger partial charge in [-0.25, -0.2) is 0 Å². The second-order valence-electron chi connectivity index (χ2n) is 6.48. The SMILES string of the molecule is CCOC1(c2noc([C@@H](N)C(C)CC)n2)CCC(C)CC1. The van der Waals surface area contributed by atoms with E-state index in [1.807, 2.05) is 6.92 Å². The Kier molecular flexibility index (Phi) is 5.38. The number of hydrogen-bond donors (Lipinski definition) is 1. The molecule has 0 bridgehead atoms. The van der Waals surface area contributed by atoms with E-state index in [1.165, 1.54) is 0 Å². The molecule has 1 aliphatic rings. The molecule has 2 N–H and O–H groups in total. The van der Waals surface area contributed by atoms with Crippen molar-refractivity contribution in [3.05, 3.63) is 11.7 Å². The Labute approximate surface area is 127 Å². The van der Waals surface area contributed by atoms with E-state index in [2.05, 4.69) is 30.9 Å². The molecule has 21 heavy (non-hydrogen) atoms. The summed E-state index contributed by atoms with van der Waals surface area (Å²) in [6.07, 6.45) is 5.19. The van der Waals surface area contributed by atoms with E-state index >= 15 is 0 Å². The second kappa shape index (κ2) is 6.88. The number of rotatable bonds is 6. The Morgan fingerprint density at radius 1 is 1.38 bits per heavy atom. The lowest BCUT2D eigenvalue weighted by Crippen LogP contribution is -2.35. The molecule has 5 heteroatoms. The lowest BCUT2D eigenvalue weighted by Gasteiger charge is -2.36. The van der Waals surface area contributed by atoms with Crippen molar-refractivity contribution in [1.29, 1.82) is 0 Å². The highest BCUT2D eigenvalue weighted by Crippen LogP contribution is 2.41. The van der Waals surface area contributed by atoms with Crippen molar-refractivity contribution in [3.8, 4) is 0 Å². The minimum absolute atomic E-state index is 0.197. The van der Waals surface area contributed by atoms with Crippen molar-refractivity contribution in [2.24, 2.45) is 17.6 Å². The van der Waals surface area contributed by atoms with Crippen LogP contribution in [0, 0.1) is 11.8 Å². The molecule has 0 aromatic carbocycles. The van der Waals surface area contributed by atoms with Crippen molar-refractivity contribution in [2.45, 2.75) is 71.4 Å². The minimum Gasteiger partial charge on any atom is -0.367 e. The molecule has 5 nitrogen and oxygen atoms in total. The van der Waals surface area contributed by atoms with E-state index in [4.69, 9.17) is 15.0 Å². The first kappa shape index (κ1) is 16.4. The summed E-state index contributed by atoms with van der Waals surface area (Å²) >= 11 is 0. The molecule has 1 unspecified atom stereocenters. The molecule has 1 aromatic rings. The molecule has 0 saturated heterocycles. The summed E-state index contributed by atoms with van der Waals surface area (Å²) in [4.78, 5) is 4.59. The molecule has 1 fully saturated rings. The number of hydrogen-bond acceptors (Lipinski definition) is 5. The molecule has 0 spiro atoms. The zero-order chi connectivity index (χ0) is 15.5. The summed E-state index contributed by atoms with van der Waals surface area (Å²) in [5.41, 5.74) is 5.82. The third-order valence-corrected chi connectivity index (χ3v) is 4.89. The molecule has 120 valence electrons. The van der Waals surface area contributed by atoms with Gasteiger partial charge in [0.05, 0.1) is 6.04 Å². The third kappa shape index (κ3) is 3.46. The van der Waals surface area contributed by atoms with E-state index in [-0.39, 0.29) is 11.6 Å². The van der Waals surface area contributed by atoms with Crippen molar-refractivity contribution in [1.82, 2.24) is 10.1 Å². The summed E-state index contributed by atoms with van der Waals surface area (Å²) in [6.45, 7) is 9.19. The molecule has 0 radical (unpaired) electrons. The third-order valence-electron chi connectivity index (χ3n) is 4.89. The topological polar surface area (TPSA) is 74.2 Å². The Bertz CT molecular complexity index is 438. The van der Waals surface area contributed by atoms with Gasteiger partial charge >= 0.3 is 0 Å². The molecule has 0 amide bonds. The van der Waals surface area contributed by atoms with Crippen molar-refractivity contribution < 1.29 is 9.26 Å². The van der Waals surface area contributed by atoms with Gasteiger partial charge in [0.1, 0.15) is 5.60 Å². The molecule has 2 rings (SSSR count). The van der Waals surface area contributed by atoms with Crippen LogP contribution >= 0.6 is 0 Å². The highest BCUT2D eigenvalue weighted by molar-refractivity contribution is 5.05. The lowest BCUT2D eigenvalue weighted by molar-refractivity contribution is -0.0847. The molecule has 1 saturated carbocycles. The fourth-order valence-corrected chi connectivity index (χ4v) is 2.99. The summed E-state index contributed by atoms with van der Waals surface area (Å²) < 4.78 is 11.5. The number of ether oxygens (including phenoxy) is 1. The molecule has 0 aliphatic heterocycles. The maximum absolute atomic E-state index is 6.19. The first-order valence-electron chi connectivity index (χ1n) is 8.26. The van der Waals surface area contributed by atoms with E-state index in [0.29, 0.717) is 24.2 Å². The Hall–Kier alpha value is -0.940. The maximum Gasteiger partial charge on any atom is 0.243 e. The average molecular weight is 295 g/mol. The van der Waals surface area contributed by atoms with Crippen molar-refractivity contribution >= 4 is 0 Å². The van der Waals surface area contributed by atoms with E-state index in [9.17, 15) is 0 Å². The Morgan fingerprint density at radius 2 is 2.05 bits per heavy atom. The van der Waals surface area contributed by atoms with Crippen LogP contribution < -0.4 is 5.73 Å². The smallest absolute Gasteiger partial charge is 0.243 e. The Balaban J connectivity index is 2.20. The van der Waals surface area contributed by atoms with E-state index in [1.54, 1.807) is 0 Å². The van der Waals surface area contributed by atoms with E-state index < -0.39 is 0 Å². The summed E-state index contributed by atoms with van der Waals surface area (Å²) in [6, 6.07) is -0.197. The predicted molar refractivity (Wildman–Crippen MR) is 81.6 cm³/mol. The van der Waals surface area contributed by atoms with Gasteiger partial charge in [-0.3, -0.25) is 0 Å². The van der Waals surface area contributed by atoms with Crippen LogP contribution in [0.15, 0.2) is 4.52 Å². The van der Waals surface area contributed by atoms with Gasteiger partial charge in [-0.05, 0) is 44.4 Å². The minimum atomic E-state index is -0.377. The van der Waals surface area contributed by atoms with Gasteiger partial charge in [0.25, 0.3) is 0 Å². The van der Waals surface area contributed by atoms with Crippen LogP contribution in [0.3, 0.4) is 0 Å². The Morgan fingerprint density at radius 3 is 2.62 bits per heavy atom. The van der Waals surface area contributed by atoms with Gasteiger partial charge in [0, 0.05) is 6.61 Å². The molecule has 1 heterocycles. The van der Waals surface area contributed by atoms with Crippen LogP contribution in [0.4, 0.5) is 0 Å². The molecule has 1 aliphatic carbocycles. The van der Waals surface area contributed by atoms with Crippen LogP contribution in [0.25, 0.3) is 0 Å². The van der Waals surface area contributed by atoms with Gasteiger partial charge in [0.15, 0.2) is 0 Å². The van der Waals surface area contributed by atoms with Crippen molar-refractivity contribution in [2.75, 3.05) is 6.61 Å². The summed E-state index contributed by atoms with van der Waals surface area (Å²) in [7, 11) is 0. The van der Waals surface area contributed by atoms with Gasteiger partial charge in [-0.15, -0.1) is 0 Å². The summed E-state index contributed by atoms with van der Waals surface area (Å²) in [5, 5.41) is 4.20. The fraction of sp³-hybridized carbons (Fsp3) is 0.875. The lowest BCUT2D eigenvalue weighted by atomic mass is 9.79. The standard InChI is InChI=1S/C16H29N3O2/c1-5-12(4)13(17)14-18-15(19-21-14)16(20-6-2)9-7-11(3)8-10-16/h11-13H,5-10,17H2,1-4H3/t11?,12?,13-,16?/m0/s1. The monoisotopic (exact) mass is 295 g/mol. The van der Waals surface area contributed by atoms with Crippen LogP contribution in [-0.2, 0) is 10.3 Å². The average Bonchev–Trinajstić information content (AvgIpc) is 2.99. The largest absolute Gasteiger partial charge is 0.367 e. The number of nitrogens with two attached hydrogens (primary N) is 1. The zero-order valence-electron chi connectivity index (χ0n) is 13.8. The fourth-order valence-electron chi connectivity index (χ4n) is 2.99. The molecule has 2 atom stereocenters. The normalized spacial score (nSPS) is 29.3. The summed E-state index contributed by atoms with van der Waals surface area (Å²) in [5.74, 6) is 2.29. The first-order chi connectivity index (χ1) is 10.0. The van der Waals surface area contributed by atoms with Crippen molar-refractivity contribution in [3.63, 3.8) is 0 Å². The van der Waals surface area contributed by atoms with Gasteiger partial charge in [-0.2, -0.15) is 4.98 Å². The van der Waals surface area contributed by atoms with E-state index in [0.717, 1.165) is 38.0 Å². The molecular formula is C16H29N3O2. The predicted octanol–water partition coefficient (Wildman–Crippen LogP) is 3.56. The van der Waals surface area contributed by atoms with Crippen LogP contribution in [-0.4, -0.2) is 16.7 Å². The maximum atomic E-state index is 6.19. The van der Waals surface area contributed by atoms with Gasteiger partial charge in [-0.1, -0.05) is 32.3 Å². The van der Waals surface area contributed by atoms with Crippen LogP contribution in [0.2, 0.25) is 0 Å².